The Labute approximate surface area is 86.6 Å². The van der Waals surface area contributed by atoms with E-state index in [4.69, 9.17) is 11.6 Å². The molecule has 0 saturated carbocycles. The molecule has 0 atom stereocenters. The smallest absolute Gasteiger partial charge is 0.214 e. The van der Waals surface area contributed by atoms with Gasteiger partial charge in [-0.3, -0.25) is 0 Å². The van der Waals surface area contributed by atoms with Crippen molar-refractivity contribution in [2.75, 3.05) is 6.26 Å². The van der Waals surface area contributed by atoms with E-state index >= 15 is 0 Å². The van der Waals surface area contributed by atoms with Crippen LogP contribution < -0.4 is 0 Å². The van der Waals surface area contributed by atoms with E-state index in [2.05, 4.69) is 5.92 Å². The van der Waals surface area contributed by atoms with Crippen molar-refractivity contribution in [2.45, 2.75) is 0 Å². The fourth-order valence-corrected chi connectivity index (χ4v) is 1.22. The maximum Gasteiger partial charge on any atom is 0.214 e. The molecule has 0 radical (unpaired) electrons. The first-order chi connectivity index (χ1) is 6.40. The zero-order valence-electron chi connectivity index (χ0n) is 7.21. The molecule has 2 nitrogen and oxygen atoms in total. The Morgan fingerprint density at radius 3 is 2.64 bits per heavy atom. The molecule has 1 aromatic carbocycles. The molecule has 0 aliphatic rings. The standard InChI is InChI=1S/C9H6ClFO2S/c1-14(12,13)6-5-7-3-2-4-8(10)9(7)11/h2-4H,1H3. The van der Waals surface area contributed by atoms with Gasteiger partial charge in [-0.25, -0.2) is 12.8 Å². The number of hydrogen-bond acceptors (Lipinski definition) is 2. The highest BCUT2D eigenvalue weighted by molar-refractivity contribution is 7.95. The quantitative estimate of drug-likeness (QED) is 0.640. The largest absolute Gasteiger partial charge is 0.216 e. The van der Waals surface area contributed by atoms with E-state index in [1.807, 2.05) is 5.25 Å². The third-order valence-electron chi connectivity index (χ3n) is 1.32. The Morgan fingerprint density at radius 2 is 2.07 bits per heavy atom. The molecular weight excluding hydrogens is 227 g/mol. The summed E-state index contributed by atoms with van der Waals surface area (Å²) in [6.07, 6.45) is 0.947. The van der Waals surface area contributed by atoms with Gasteiger partial charge in [-0.05, 0) is 18.1 Å². The molecule has 0 fully saturated rings. The summed E-state index contributed by atoms with van der Waals surface area (Å²) in [4.78, 5) is 0. The summed E-state index contributed by atoms with van der Waals surface area (Å²) in [5.74, 6) is 1.49. The van der Waals surface area contributed by atoms with Crippen molar-refractivity contribution in [1.29, 1.82) is 0 Å². The molecule has 74 valence electrons. The molecular formula is C9H6ClFO2S. The van der Waals surface area contributed by atoms with E-state index in [9.17, 15) is 12.8 Å². The summed E-state index contributed by atoms with van der Waals surface area (Å²) >= 11 is 5.47. The van der Waals surface area contributed by atoms with Gasteiger partial charge in [0.1, 0.15) is 0 Å². The number of rotatable bonds is 0. The molecule has 0 heterocycles. The predicted molar refractivity (Wildman–Crippen MR) is 53.1 cm³/mol. The first-order valence-electron chi connectivity index (χ1n) is 3.57. The molecule has 0 spiro atoms. The van der Waals surface area contributed by atoms with Crippen molar-refractivity contribution in [3.05, 3.63) is 34.6 Å². The molecule has 0 N–H and O–H groups in total. The maximum absolute atomic E-state index is 13.1. The van der Waals surface area contributed by atoms with Gasteiger partial charge in [0.05, 0.1) is 16.8 Å². The van der Waals surface area contributed by atoms with Gasteiger partial charge in [-0.1, -0.05) is 17.7 Å². The molecule has 0 aliphatic heterocycles. The lowest BCUT2D eigenvalue weighted by atomic mass is 10.2. The van der Waals surface area contributed by atoms with Crippen LogP contribution in [0.5, 0.6) is 0 Å². The van der Waals surface area contributed by atoms with Gasteiger partial charge in [0, 0.05) is 5.25 Å². The van der Waals surface area contributed by atoms with Crippen molar-refractivity contribution < 1.29 is 12.8 Å². The maximum atomic E-state index is 13.1. The third kappa shape index (κ3) is 3.02. The molecule has 0 saturated heterocycles. The van der Waals surface area contributed by atoms with Crippen molar-refractivity contribution in [1.82, 2.24) is 0 Å². The second-order valence-corrected chi connectivity index (χ2v) is 4.76. The average Bonchev–Trinajstić information content (AvgIpc) is 2.06. The molecule has 0 aliphatic carbocycles. The van der Waals surface area contributed by atoms with Gasteiger partial charge in [-0.2, -0.15) is 0 Å². The number of hydrogen-bond donors (Lipinski definition) is 0. The molecule has 0 aromatic heterocycles. The highest BCUT2D eigenvalue weighted by atomic mass is 35.5. The second-order valence-electron chi connectivity index (χ2n) is 2.60. The Kier molecular flexibility index (Phi) is 3.14. The molecule has 5 heteroatoms. The lowest BCUT2D eigenvalue weighted by molar-refractivity contribution is 0.611. The minimum absolute atomic E-state index is 0.0251. The Balaban J connectivity index is 3.21. The minimum atomic E-state index is -3.42. The van der Waals surface area contributed by atoms with Crippen molar-refractivity contribution in [3.63, 3.8) is 0 Å². The zero-order valence-corrected chi connectivity index (χ0v) is 8.79. The predicted octanol–water partition coefficient (Wildman–Crippen LogP) is 1.83. The minimum Gasteiger partial charge on any atom is -0.216 e. The van der Waals surface area contributed by atoms with Crippen LogP contribution in [0.15, 0.2) is 18.2 Å². The normalized spacial score (nSPS) is 10.5. The van der Waals surface area contributed by atoms with Crippen LogP contribution in [-0.4, -0.2) is 14.7 Å². The monoisotopic (exact) mass is 232 g/mol. The molecule has 0 unspecified atom stereocenters. The van der Waals surface area contributed by atoms with Crippen molar-refractivity contribution >= 4 is 21.4 Å². The summed E-state index contributed by atoms with van der Waals surface area (Å²) in [7, 11) is -3.42. The summed E-state index contributed by atoms with van der Waals surface area (Å²) in [5.41, 5.74) is -0.0251. The topological polar surface area (TPSA) is 34.1 Å². The molecule has 1 rings (SSSR count). The fraction of sp³-hybridized carbons (Fsp3) is 0.111. The van der Waals surface area contributed by atoms with E-state index in [-0.39, 0.29) is 10.6 Å². The van der Waals surface area contributed by atoms with Crippen LogP contribution in [0.2, 0.25) is 5.02 Å². The Hall–Kier alpha value is -1.05. The number of halogens is 2. The zero-order chi connectivity index (χ0) is 10.8. The first kappa shape index (κ1) is 11.0. The summed E-state index contributed by atoms with van der Waals surface area (Å²) in [6, 6.07) is 4.22. The van der Waals surface area contributed by atoms with Gasteiger partial charge in [-0.15, -0.1) is 0 Å². The van der Waals surface area contributed by atoms with Crippen molar-refractivity contribution in [2.24, 2.45) is 0 Å². The number of benzene rings is 1. The Bertz CT molecular complexity index is 511. The third-order valence-corrected chi connectivity index (χ3v) is 2.09. The van der Waals surface area contributed by atoms with Gasteiger partial charge in [0.2, 0.25) is 9.84 Å². The summed E-state index contributed by atoms with van der Waals surface area (Å²) < 4.78 is 34.5. The van der Waals surface area contributed by atoms with Crippen LogP contribution in [0.3, 0.4) is 0 Å². The number of sulfone groups is 1. The summed E-state index contributed by atoms with van der Waals surface area (Å²) in [6.45, 7) is 0. The highest BCUT2D eigenvalue weighted by Crippen LogP contribution is 2.16. The van der Waals surface area contributed by atoms with E-state index in [0.29, 0.717) is 0 Å². The van der Waals surface area contributed by atoms with Crippen LogP contribution in [-0.2, 0) is 9.84 Å². The molecule has 1 aromatic rings. The van der Waals surface area contributed by atoms with Gasteiger partial charge in [0.15, 0.2) is 5.82 Å². The lowest BCUT2D eigenvalue weighted by Crippen LogP contribution is -1.90. The fourth-order valence-electron chi connectivity index (χ4n) is 0.748. The summed E-state index contributed by atoms with van der Waals surface area (Å²) in [5, 5.41) is 1.85. The second kappa shape index (κ2) is 3.99. The lowest BCUT2D eigenvalue weighted by Gasteiger charge is -1.94. The van der Waals surface area contributed by atoms with Crippen LogP contribution in [0.1, 0.15) is 5.56 Å². The molecule has 14 heavy (non-hydrogen) atoms. The van der Waals surface area contributed by atoms with Gasteiger partial charge in [0.25, 0.3) is 0 Å². The van der Waals surface area contributed by atoms with Gasteiger partial charge >= 0.3 is 0 Å². The van der Waals surface area contributed by atoms with E-state index in [0.717, 1.165) is 6.26 Å². The first-order valence-corrected chi connectivity index (χ1v) is 5.84. The SMILES string of the molecule is CS(=O)(=O)C#Cc1cccc(Cl)c1F. The molecule has 0 bridgehead atoms. The van der Waals surface area contributed by atoms with Gasteiger partial charge < -0.3 is 0 Å². The molecule has 0 amide bonds. The van der Waals surface area contributed by atoms with Crippen LogP contribution in [0, 0.1) is 17.0 Å². The highest BCUT2D eigenvalue weighted by Gasteiger charge is 2.03. The van der Waals surface area contributed by atoms with Crippen LogP contribution in [0.4, 0.5) is 4.39 Å². The van der Waals surface area contributed by atoms with Crippen LogP contribution >= 0.6 is 11.6 Å². The van der Waals surface area contributed by atoms with Crippen LogP contribution in [0.25, 0.3) is 0 Å². The van der Waals surface area contributed by atoms with E-state index in [1.54, 1.807) is 0 Å². The average molecular weight is 233 g/mol. The van der Waals surface area contributed by atoms with E-state index in [1.165, 1.54) is 18.2 Å². The van der Waals surface area contributed by atoms with Crippen molar-refractivity contribution in [3.8, 4) is 11.2 Å². The van der Waals surface area contributed by atoms with E-state index < -0.39 is 15.7 Å². The Morgan fingerprint density at radius 1 is 1.43 bits per heavy atom.